The van der Waals surface area contributed by atoms with Gasteiger partial charge < -0.3 is 5.32 Å². The minimum atomic E-state index is -0.811. The van der Waals surface area contributed by atoms with Crippen molar-refractivity contribution in [2.24, 2.45) is 0 Å². The molecule has 0 saturated heterocycles. The van der Waals surface area contributed by atoms with Crippen LogP contribution in [0.3, 0.4) is 0 Å². The Kier molecular flexibility index (Phi) is 4.49. The predicted molar refractivity (Wildman–Crippen MR) is 77.3 cm³/mol. The molecule has 0 radical (unpaired) electrons. The number of anilines is 1. The van der Waals surface area contributed by atoms with Crippen LogP contribution in [0, 0.1) is 10.1 Å². The van der Waals surface area contributed by atoms with Crippen molar-refractivity contribution >= 4 is 28.9 Å². The number of nitrogens with one attached hydrogen (secondary N) is 1. The Morgan fingerprint density at radius 2 is 2.05 bits per heavy atom. The molecule has 0 bridgehead atoms. The maximum Gasteiger partial charge on any atom is 0.271 e. The molecule has 5 nitrogen and oxygen atoms in total. The third-order valence-electron chi connectivity index (χ3n) is 2.78. The summed E-state index contributed by atoms with van der Waals surface area (Å²) < 4.78 is 12.9. The minimum absolute atomic E-state index is 0.0940. The topological polar surface area (TPSA) is 72.2 Å². The average Bonchev–Trinajstić information content (AvgIpc) is 2.47. The number of carbonyl (C=O) groups excluding carboxylic acids is 1. The fourth-order valence-electron chi connectivity index (χ4n) is 1.77. The Hall–Kier alpha value is -2.47. The van der Waals surface area contributed by atoms with E-state index in [-0.39, 0.29) is 22.5 Å². The first-order valence-corrected chi connectivity index (χ1v) is 6.29. The monoisotopic (exact) mass is 308 g/mol. The van der Waals surface area contributed by atoms with Crippen molar-refractivity contribution in [3.05, 3.63) is 68.7 Å². The van der Waals surface area contributed by atoms with E-state index in [0.717, 1.165) is 0 Å². The summed E-state index contributed by atoms with van der Waals surface area (Å²) in [5, 5.41) is 13.5. The van der Waals surface area contributed by atoms with Gasteiger partial charge in [-0.25, -0.2) is 4.39 Å². The van der Waals surface area contributed by atoms with Crippen LogP contribution in [0.4, 0.5) is 15.8 Å². The first kappa shape index (κ1) is 14.9. The van der Waals surface area contributed by atoms with Crippen molar-refractivity contribution in [3.8, 4) is 0 Å². The second-order valence-electron chi connectivity index (χ2n) is 4.20. The maximum absolute atomic E-state index is 12.9. The average molecular weight is 309 g/mol. The summed E-state index contributed by atoms with van der Waals surface area (Å²) in [5.74, 6) is -0.578. The van der Waals surface area contributed by atoms with Crippen molar-refractivity contribution in [2.75, 3.05) is 5.32 Å². The van der Waals surface area contributed by atoms with Crippen molar-refractivity contribution in [3.63, 3.8) is 0 Å². The van der Waals surface area contributed by atoms with Gasteiger partial charge in [-0.05, 0) is 23.8 Å². The van der Waals surface area contributed by atoms with Crippen molar-refractivity contribution in [1.82, 2.24) is 0 Å². The lowest BCUT2D eigenvalue weighted by Gasteiger charge is -2.08. The fraction of sp³-hybridized carbons (Fsp3) is 0.0714. The second-order valence-corrected chi connectivity index (χ2v) is 4.63. The number of halogens is 2. The van der Waals surface area contributed by atoms with Gasteiger partial charge in [-0.1, -0.05) is 23.7 Å². The van der Waals surface area contributed by atoms with Crippen LogP contribution >= 0.6 is 11.6 Å². The van der Waals surface area contributed by atoms with Gasteiger partial charge in [0.1, 0.15) is 6.67 Å². The highest BCUT2D eigenvalue weighted by Crippen LogP contribution is 2.21. The second kappa shape index (κ2) is 6.32. The summed E-state index contributed by atoms with van der Waals surface area (Å²) in [6, 6.07) is 9.74. The van der Waals surface area contributed by atoms with Gasteiger partial charge in [0.15, 0.2) is 0 Å². The van der Waals surface area contributed by atoms with Crippen LogP contribution in [0.2, 0.25) is 5.02 Å². The van der Waals surface area contributed by atoms with Crippen LogP contribution in [-0.2, 0) is 6.67 Å². The Bertz CT molecular complexity index is 706. The summed E-state index contributed by atoms with van der Waals surface area (Å²) in [6.07, 6.45) is 0. The minimum Gasteiger partial charge on any atom is -0.322 e. The van der Waals surface area contributed by atoms with Crippen LogP contribution in [0.5, 0.6) is 0 Å². The molecule has 0 atom stereocenters. The third-order valence-corrected chi connectivity index (χ3v) is 3.01. The number of alkyl halides is 1. The normalized spacial score (nSPS) is 10.2. The zero-order valence-corrected chi connectivity index (χ0v) is 11.4. The number of amides is 1. The van der Waals surface area contributed by atoms with E-state index in [9.17, 15) is 19.3 Å². The zero-order valence-electron chi connectivity index (χ0n) is 10.7. The smallest absolute Gasteiger partial charge is 0.271 e. The third kappa shape index (κ3) is 3.55. The van der Waals surface area contributed by atoms with Crippen LogP contribution in [-0.4, -0.2) is 10.8 Å². The molecule has 0 aliphatic rings. The first-order valence-electron chi connectivity index (χ1n) is 5.91. The number of hydrogen-bond donors (Lipinski definition) is 1. The van der Waals surface area contributed by atoms with Crippen LogP contribution in [0.1, 0.15) is 15.9 Å². The summed E-state index contributed by atoms with van der Waals surface area (Å²) in [5.41, 5.74) is 0.391. The van der Waals surface area contributed by atoms with Crippen molar-refractivity contribution in [1.29, 1.82) is 0 Å². The zero-order chi connectivity index (χ0) is 15.4. The molecule has 21 heavy (non-hydrogen) atoms. The van der Waals surface area contributed by atoms with E-state index in [2.05, 4.69) is 5.32 Å². The van der Waals surface area contributed by atoms with Crippen LogP contribution in [0.25, 0.3) is 0 Å². The van der Waals surface area contributed by atoms with Crippen LogP contribution < -0.4 is 5.32 Å². The molecule has 1 amide bonds. The van der Waals surface area contributed by atoms with Crippen molar-refractivity contribution in [2.45, 2.75) is 6.67 Å². The Balaban J connectivity index is 2.28. The van der Waals surface area contributed by atoms with Gasteiger partial charge in [0.25, 0.3) is 11.6 Å². The molecule has 108 valence electrons. The molecule has 1 N–H and O–H groups in total. The Morgan fingerprint density at radius 1 is 1.29 bits per heavy atom. The number of rotatable bonds is 4. The molecule has 2 aromatic rings. The molecular weight excluding hydrogens is 299 g/mol. The van der Waals surface area contributed by atoms with E-state index in [1.165, 1.54) is 42.5 Å². The van der Waals surface area contributed by atoms with E-state index < -0.39 is 17.5 Å². The molecule has 0 unspecified atom stereocenters. The molecule has 0 aliphatic heterocycles. The highest BCUT2D eigenvalue weighted by atomic mass is 35.5. The van der Waals surface area contributed by atoms with Gasteiger partial charge in [-0.15, -0.1) is 0 Å². The predicted octanol–water partition coefficient (Wildman–Crippen LogP) is 3.97. The van der Waals surface area contributed by atoms with Gasteiger partial charge in [-0.2, -0.15) is 0 Å². The lowest BCUT2D eigenvalue weighted by Crippen LogP contribution is -2.14. The van der Waals surface area contributed by atoms with Gasteiger partial charge >= 0.3 is 0 Å². The number of nitro benzene ring substituents is 1. The van der Waals surface area contributed by atoms with Gasteiger partial charge in [-0.3, -0.25) is 14.9 Å². The standard InChI is InChI=1S/C14H10ClFN2O3/c15-10-5-4-9(8-16)13(6-10)14(19)17-11-2-1-3-12(7-11)18(20)21/h1-7H,8H2,(H,17,19). The number of nitro groups is 1. The van der Waals surface area contributed by atoms with Gasteiger partial charge in [0.05, 0.1) is 4.92 Å². The summed E-state index contributed by atoms with van der Waals surface area (Å²) in [6.45, 7) is -0.811. The molecule has 2 rings (SSSR count). The maximum atomic E-state index is 12.9. The van der Waals surface area contributed by atoms with Gasteiger partial charge in [0.2, 0.25) is 0 Å². The molecule has 0 fully saturated rings. The summed E-state index contributed by atoms with van der Waals surface area (Å²) >= 11 is 5.80. The number of hydrogen-bond acceptors (Lipinski definition) is 3. The van der Waals surface area contributed by atoms with E-state index in [1.807, 2.05) is 0 Å². The number of nitrogens with zero attached hydrogens (tertiary/aromatic N) is 1. The molecule has 0 saturated carbocycles. The largest absolute Gasteiger partial charge is 0.322 e. The molecule has 0 aliphatic carbocycles. The molecular formula is C14H10ClFN2O3. The molecule has 0 aromatic heterocycles. The van der Waals surface area contributed by atoms with E-state index in [1.54, 1.807) is 0 Å². The van der Waals surface area contributed by atoms with E-state index >= 15 is 0 Å². The highest BCUT2D eigenvalue weighted by Gasteiger charge is 2.14. The molecule has 0 heterocycles. The number of benzene rings is 2. The molecule has 7 heteroatoms. The summed E-state index contributed by atoms with van der Waals surface area (Å²) in [4.78, 5) is 22.2. The van der Waals surface area contributed by atoms with Crippen LogP contribution in [0.15, 0.2) is 42.5 Å². The number of non-ortho nitro benzene ring substituents is 1. The van der Waals surface area contributed by atoms with E-state index in [4.69, 9.17) is 11.6 Å². The van der Waals surface area contributed by atoms with Crippen molar-refractivity contribution < 1.29 is 14.1 Å². The lowest BCUT2D eigenvalue weighted by atomic mass is 10.1. The highest BCUT2D eigenvalue weighted by molar-refractivity contribution is 6.31. The SMILES string of the molecule is O=C(Nc1cccc([N+](=O)[O-])c1)c1cc(Cl)ccc1CF. The van der Waals surface area contributed by atoms with E-state index in [0.29, 0.717) is 5.02 Å². The molecule has 0 spiro atoms. The van der Waals surface area contributed by atoms with Gasteiger partial charge in [0, 0.05) is 28.4 Å². The first-order chi connectivity index (χ1) is 10.0. The fourth-order valence-corrected chi connectivity index (χ4v) is 1.94. The lowest BCUT2D eigenvalue weighted by molar-refractivity contribution is -0.384. The Morgan fingerprint density at radius 3 is 2.71 bits per heavy atom. The quantitative estimate of drug-likeness (QED) is 0.686. The Labute approximate surface area is 124 Å². The number of carbonyl (C=O) groups is 1. The molecule has 2 aromatic carbocycles. The summed E-state index contributed by atoms with van der Waals surface area (Å²) in [7, 11) is 0.